The molecule has 29 heavy (non-hydrogen) atoms. The Hall–Kier alpha value is -2.54. The highest BCUT2D eigenvalue weighted by atomic mass is 32.1. The zero-order valence-corrected chi connectivity index (χ0v) is 16.9. The van der Waals surface area contributed by atoms with Gasteiger partial charge in [0.05, 0.1) is 5.71 Å². The molecule has 0 atom stereocenters. The Morgan fingerprint density at radius 2 is 1.86 bits per heavy atom. The molecule has 1 saturated heterocycles. The van der Waals surface area contributed by atoms with Gasteiger partial charge in [-0.1, -0.05) is 0 Å². The van der Waals surface area contributed by atoms with E-state index in [1.807, 2.05) is 4.90 Å². The molecule has 0 saturated carbocycles. The Labute approximate surface area is 172 Å². The summed E-state index contributed by atoms with van der Waals surface area (Å²) in [6.07, 6.45) is 5.08. The maximum Gasteiger partial charge on any atom is 0.249 e. The van der Waals surface area contributed by atoms with Crippen molar-refractivity contribution in [3.8, 4) is 0 Å². The maximum atomic E-state index is 13.5. The predicted octanol–water partition coefficient (Wildman–Crippen LogP) is 3.18. The number of carbonyl (C=O) groups is 2. The van der Waals surface area contributed by atoms with Crippen molar-refractivity contribution < 1.29 is 14.0 Å². The smallest absolute Gasteiger partial charge is 0.249 e. The summed E-state index contributed by atoms with van der Waals surface area (Å²) in [5, 5.41) is 0.827. The molecule has 1 aromatic carbocycles. The fourth-order valence-electron chi connectivity index (χ4n) is 4.45. The molecule has 1 aliphatic carbocycles. The number of nitrogens with zero attached hydrogens (tertiary/aromatic N) is 3. The lowest BCUT2D eigenvalue weighted by molar-refractivity contribution is -0.130. The summed E-state index contributed by atoms with van der Waals surface area (Å²) in [5.41, 5.74) is 3.75. The SMILES string of the molecule is O=C(CN1C(=O)CN=C(c2ccc(F)cc2)c2c1sc1c2CCC1)N1CCCC1. The first-order valence-electron chi connectivity index (χ1n) is 10.2. The third-order valence-electron chi connectivity index (χ3n) is 5.93. The van der Waals surface area contributed by atoms with E-state index in [1.165, 1.54) is 22.6 Å². The highest BCUT2D eigenvalue weighted by molar-refractivity contribution is 7.17. The fraction of sp³-hybridized carbons (Fsp3) is 0.409. The summed E-state index contributed by atoms with van der Waals surface area (Å²) < 4.78 is 13.5. The summed E-state index contributed by atoms with van der Waals surface area (Å²) in [7, 11) is 0. The van der Waals surface area contributed by atoms with Gasteiger partial charge in [-0.15, -0.1) is 11.3 Å². The molecule has 0 spiro atoms. The quantitative estimate of drug-likeness (QED) is 0.779. The molecule has 7 heteroatoms. The first-order chi connectivity index (χ1) is 14.1. The molecule has 0 bridgehead atoms. The molecule has 2 aromatic rings. The van der Waals surface area contributed by atoms with Gasteiger partial charge in [0.1, 0.15) is 23.9 Å². The lowest BCUT2D eigenvalue weighted by Gasteiger charge is -2.23. The molecule has 2 amide bonds. The van der Waals surface area contributed by atoms with Gasteiger partial charge in [0.2, 0.25) is 11.8 Å². The Balaban J connectivity index is 1.57. The van der Waals surface area contributed by atoms with Crippen molar-refractivity contribution in [2.45, 2.75) is 32.1 Å². The van der Waals surface area contributed by atoms with Crippen LogP contribution in [-0.4, -0.2) is 48.6 Å². The number of anilines is 1. The van der Waals surface area contributed by atoms with E-state index >= 15 is 0 Å². The van der Waals surface area contributed by atoms with Crippen LogP contribution < -0.4 is 4.90 Å². The molecule has 1 aromatic heterocycles. The minimum atomic E-state index is -0.298. The summed E-state index contributed by atoms with van der Waals surface area (Å²) >= 11 is 1.62. The van der Waals surface area contributed by atoms with Crippen molar-refractivity contribution in [2.24, 2.45) is 4.99 Å². The number of hydrogen-bond donors (Lipinski definition) is 0. The molecular formula is C22H22FN3O2S. The van der Waals surface area contributed by atoms with E-state index in [2.05, 4.69) is 4.99 Å². The van der Waals surface area contributed by atoms with Crippen molar-refractivity contribution in [1.29, 1.82) is 0 Å². The number of likely N-dealkylation sites (tertiary alicyclic amines) is 1. The number of carbonyl (C=O) groups excluding carboxylic acids is 2. The molecule has 150 valence electrons. The van der Waals surface area contributed by atoms with E-state index in [9.17, 15) is 14.0 Å². The number of benzene rings is 1. The van der Waals surface area contributed by atoms with Crippen molar-refractivity contribution in [3.05, 3.63) is 51.7 Å². The van der Waals surface area contributed by atoms with Crippen LogP contribution in [0.5, 0.6) is 0 Å². The minimum Gasteiger partial charge on any atom is -0.341 e. The van der Waals surface area contributed by atoms with Gasteiger partial charge in [-0.3, -0.25) is 19.5 Å². The Morgan fingerprint density at radius 3 is 2.62 bits per heavy atom. The molecular weight excluding hydrogens is 389 g/mol. The molecule has 0 radical (unpaired) electrons. The van der Waals surface area contributed by atoms with Crippen LogP contribution in [0.15, 0.2) is 29.3 Å². The summed E-state index contributed by atoms with van der Waals surface area (Å²) in [4.78, 5) is 35.2. The highest BCUT2D eigenvalue weighted by Gasteiger charge is 2.34. The molecule has 3 heterocycles. The van der Waals surface area contributed by atoms with E-state index in [1.54, 1.807) is 28.4 Å². The van der Waals surface area contributed by atoms with Crippen LogP contribution in [0.2, 0.25) is 0 Å². The van der Waals surface area contributed by atoms with Crippen LogP contribution in [0.4, 0.5) is 9.39 Å². The minimum absolute atomic E-state index is 0.000548. The predicted molar refractivity (Wildman–Crippen MR) is 111 cm³/mol. The second-order valence-corrected chi connectivity index (χ2v) is 8.86. The van der Waals surface area contributed by atoms with Crippen LogP contribution in [0.3, 0.4) is 0 Å². The van der Waals surface area contributed by atoms with Crippen molar-refractivity contribution >= 4 is 33.9 Å². The maximum absolute atomic E-state index is 13.5. The van der Waals surface area contributed by atoms with Crippen LogP contribution in [0, 0.1) is 5.82 Å². The van der Waals surface area contributed by atoms with E-state index in [0.717, 1.165) is 67.0 Å². The van der Waals surface area contributed by atoms with Gasteiger partial charge in [0.15, 0.2) is 0 Å². The van der Waals surface area contributed by atoms with E-state index < -0.39 is 0 Å². The van der Waals surface area contributed by atoms with Crippen LogP contribution in [0.1, 0.15) is 40.8 Å². The number of rotatable bonds is 3. The van der Waals surface area contributed by atoms with Gasteiger partial charge >= 0.3 is 0 Å². The molecule has 0 unspecified atom stereocenters. The standard InChI is InChI=1S/C22H22FN3O2S/c23-15-8-6-14(7-9-15)21-20-16-4-3-5-17(16)29-22(20)26(18(27)12-24-21)13-19(28)25-10-1-2-11-25/h6-9H,1-5,10-13H2. The fourth-order valence-corrected chi connectivity index (χ4v) is 5.86. The normalized spacial score (nSPS) is 18.5. The van der Waals surface area contributed by atoms with Crippen molar-refractivity contribution in [3.63, 3.8) is 0 Å². The Morgan fingerprint density at radius 1 is 1.10 bits per heavy atom. The first kappa shape index (κ1) is 18.5. The molecule has 3 aliphatic rings. The molecule has 2 aliphatic heterocycles. The Kier molecular flexibility index (Phi) is 4.70. The van der Waals surface area contributed by atoms with Gasteiger partial charge < -0.3 is 4.90 Å². The number of aliphatic imine (C=N–C) groups is 1. The van der Waals surface area contributed by atoms with Gasteiger partial charge in [-0.25, -0.2) is 4.39 Å². The van der Waals surface area contributed by atoms with Gasteiger partial charge in [-0.2, -0.15) is 0 Å². The summed E-state index contributed by atoms with van der Waals surface area (Å²) in [6, 6.07) is 6.27. The number of hydrogen-bond acceptors (Lipinski definition) is 4. The van der Waals surface area contributed by atoms with Crippen molar-refractivity contribution in [2.75, 3.05) is 31.1 Å². The lowest BCUT2D eigenvalue weighted by atomic mass is 9.99. The van der Waals surface area contributed by atoms with Gasteiger partial charge in [-0.05, 0) is 61.9 Å². The number of aryl methyl sites for hydroxylation is 1. The summed E-state index contributed by atoms with van der Waals surface area (Å²) in [6.45, 7) is 1.60. The largest absolute Gasteiger partial charge is 0.341 e. The van der Waals surface area contributed by atoms with Crippen LogP contribution in [0.25, 0.3) is 0 Å². The first-order valence-corrected chi connectivity index (χ1v) is 11.0. The van der Waals surface area contributed by atoms with Crippen LogP contribution in [-0.2, 0) is 22.4 Å². The van der Waals surface area contributed by atoms with Gasteiger partial charge in [0.25, 0.3) is 0 Å². The number of amides is 2. The molecule has 1 fully saturated rings. The van der Waals surface area contributed by atoms with Crippen LogP contribution >= 0.6 is 11.3 Å². The topological polar surface area (TPSA) is 53.0 Å². The average Bonchev–Trinajstić information content (AvgIpc) is 3.44. The molecule has 5 rings (SSSR count). The zero-order valence-electron chi connectivity index (χ0n) is 16.1. The lowest BCUT2D eigenvalue weighted by Crippen LogP contribution is -2.42. The van der Waals surface area contributed by atoms with Crippen molar-refractivity contribution in [1.82, 2.24) is 4.90 Å². The average molecular weight is 412 g/mol. The third-order valence-corrected chi connectivity index (χ3v) is 7.24. The monoisotopic (exact) mass is 411 g/mol. The second kappa shape index (κ2) is 7.37. The molecule has 0 N–H and O–H groups in total. The third kappa shape index (κ3) is 3.27. The highest BCUT2D eigenvalue weighted by Crippen LogP contribution is 2.43. The Bertz CT molecular complexity index is 1010. The number of fused-ring (bicyclic) bond motifs is 3. The number of thiophene rings is 1. The van der Waals surface area contributed by atoms with E-state index in [4.69, 9.17) is 0 Å². The zero-order chi connectivity index (χ0) is 20.0. The molecule has 5 nitrogen and oxygen atoms in total. The van der Waals surface area contributed by atoms with E-state index in [0.29, 0.717) is 0 Å². The summed E-state index contributed by atoms with van der Waals surface area (Å²) in [5.74, 6) is -0.455. The second-order valence-electron chi connectivity index (χ2n) is 7.78. The van der Waals surface area contributed by atoms with E-state index in [-0.39, 0.29) is 30.7 Å². The van der Waals surface area contributed by atoms with Gasteiger partial charge in [0, 0.05) is 29.1 Å². The number of halogens is 1.